The van der Waals surface area contributed by atoms with Crippen LogP contribution in [0.1, 0.15) is 6.92 Å². The van der Waals surface area contributed by atoms with Crippen molar-refractivity contribution in [2.24, 2.45) is 0 Å². The van der Waals surface area contributed by atoms with E-state index in [2.05, 4.69) is 24.3 Å². The summed E-state index contributed by atoms with van der Waals surface area (Å²) < 4.78 is 0. The van der Waals surface area contributed by atoms with Crippen LogP contribution in [0.5, 0.6) is 0 Å². The maximum Gasteiger partial charge on any atom is 0.228 e. The van der Waals surface area contributed by atoms with Crippen LogP contribution in [-0.2, 0) is 4.79 Å². The Morgan fingerprint density at radius 2 is 1.84 bits per heavy atom. The molecular formula is C15H13NOS2. The number of amides is 1. The molecule has 0 aromatic heterocycles. The normalized spacial score (nSPS) is 12.8. The number of hydrogen-bond donors (Lipinski definition) is 0. The van der Waals surface area contributed by atoms with Crippen molar-refractivity contribution in [3.05, 3.63) is 42.5 Å². The van der Waals surface area contributed by atoms with Gasteiger partial charge in [0, 0.05) is 21.6 Å². The molecule has 0 atom stereocenters. The van der Waals surface area contributed by atoms with Crippen molar-refractivity contribution in [1.29, 1.82) is 0 Å². The molecule has 2 aromatic rings. The predicted molar refractivity (Wildman–Crippen MR) is 81.6 cm³/mol. The van der Waals surface area contributed by atoms with Crippen molar-refractivity contribution >= 4 is 40.8 Å². The Balaban J connectivity index is 2.21. The number of rotatable bonds is 1. The van der Waals surface area contributed by atoms with E-state index in [-0.39, 0.29) is 5.91 Å². The Morgan fingerprint density at radius 3 is 2.58 bits per heavy atom. The van der Waals surface area contributed by atoms with Crippen LogP contribution in [0.2, 0.25) is 0 Å². The molecule has 96 valence electrons. The maximum atomic E-state index is 12.0. The Hall–Kier alpha value is -1.39. The number of carbonyl (C=O) groups excluding carboxylic acids is 1. The molecule has 19 heavy (non-hydrogen) atoms. The first kappa shape index (κ1) is 12.6. The number of anilines is 2. The van der Waals surface area contributed by atoms with Gasteiger partial charge in [-0.25, -0.2) is 0 Å². The fourth-order valence-corrected chi connectivity index (χ4v) is 3.67. The number of nitrogens with zero attached hydrogens (tertiary/aromatic N) is 1. The van der Waals surface area contributed by atoms with E-state index < -0.39 is 0 Å². The molecule has 0 saturated heterocycles. The number of carbonyl (C=O) groups is 1. The number of benzene rings is 2. The lowest BCUT2D eigenvalue weighted by Gasteiger charge is -2.30. The van der Waals surface area contributed by atoms with Gasteiger partial charge in [0.25, 0.3) is 0 Å². The summed E-state index contributed by atoms with van der Waals surface area (Å²) in [5.41, 5.74) is 1.97. The fraction of sp³-hybridized carbons (Fsp3) is 0.133. The third-order valence-electron chi connectivity index (χ3n) is 3.05. The molecule has 0 N–H and O–H groups in total. The summed E-state index contributed by atoms with van der Waals surface area (Å²) in [6.07, 6.45) is 2.05. The van der Waals surface area contributed by atoms with Crippen LogP contribution >= 0.6 is 23.5 Å². The molecule has 0 fully saturated rings. The molecule has 2 nitrogen and oxygen atoms in total. The summed E-state index contributed by atoms with van der Waals surface area (Å²) in [6, 6.07) is 14.3. The quantitative estimate of drug-likeness (QED) is 0.717. The lowest BCUT2D eigenvalue weighted by atomic mass is 10.2. The lowest BCUT2D eigenvalue weighted by Crippen LogP contribution is -2.25. The van der Waals surface area contributed by atoms with Crippen LogP contribution in [0.3, 0.4) is 0 Å². The second-order valence-electron chi connectivity index (χ2n) is 4.26. The molecule has 1 amide bonds. The topological polar surface area (TPSA) is 20.3 Å². The van der Waals surface area contributed by atoms with Gasteiger partial charge in [0.15, 0.2) is 0 Å². The van der Waals surface area contributed by atoms with E-state index in [1.54, 1.807) is 35.3 Å². The van der Waals surface area contributed by atoms with Gasteiger partial charge in [-0.3, -0.25) is 9.69 Å². The maximum absolute atomic E-state index is 12.0. The predicted octanol–water partition coefficient (Wildman–Crippen LogP) is 4.56. The molecule has 3 rings (SSSR count). The third-order valence-corrected chi connectivity index (χ3v) is 4.90. The highest BCUT2D eigenvalue weighted by Crippen LogP contribution is 2.48. The number of thioether (sulfide) groups is 1. The van der Waals surface area contributed by atoms with Gasteiger partial charge in [-0.15, -0.1) is 11.8 Å². The first-order chi connectivity index (χ1) is 9.20. The summed E-state index contributed by atoms with van der Waals surface area (Å²) >= 11 is 3.41. The molecule has 0 unspecified atom stereocenters. The standard InChI is InChI=1S/C15H13NOS2/c1-10(17)16-12-5-3-4-6-14(12)19-15-8-7-11(18-2)9-13(15)16/h3-9H,1-2H3. The average molecular weight is 287 g/mol. The van der Waals surface area contributed by atoms with Gasteiger partial charge in [-0.05, 0) is 36.6 Å². The van der Waals surface area contributed by atoms with Crippen molar-refractivity contribution in [2.75, 3.05) is 11.2 Å². The molecule has 0 aliphatic carbocycles. The van der Waals surface area contributed by atoms with E-state index in [0.29, 0.717) is 0 Å². The van der Waals surface area contributed by atoms with Gasteiger partial charge < -0.3 is 0 Å². The van der Waals surface area contributed by atoms with Crippen LogP contribution in [0.4, 0.5) is 11.4 Å². The molecule has 0 saturated carbocycles. The molecular weight excluding hydrogens is 274 g/mol. The van der Waals surface area contributed by atoms with E-state index in [1.165, 1.54) is 4.90 Å². The molecule has 0 radical (unpaired) electrons. The summed E-state index contributed by atoms with van der Waals surface area (Å²) in [5, 5.41) is 0. The Bertz CT molecular complexity index is 654. The van der Waals surface area contributed by atoms with Gasteiger partial charge in [0.2, 0.25) is 5.91 Å². The van der Waals surface area contributed by atoms with Crippen LogP contribution in [0.25, 0.3) is 0 Å². The molecule has 1 aliphatic rings. The van der Waals surface area contributed by atoms with Crippen molar-refractivity contribution in [3.63, 3.8) is 0 Å². The minimum Gasteiger partial charge on any atom is -0.279 e. The van der Waals surface area contributed by atoms with Crippen LogP contribution in [0.15, 0.2) is 57.2 Å². The second-order valence-corrected chi connectivity index (χ2v) is 6.22. The highest BCUT2D eigenvalue weighted by Gasteiger charge is 2.25. The Labute approximate surface area is 121 Å². The highest BCUT2D eigenvalue weighted by molar-refractivity contribution is 8.00. The summed E-state index contributed by atoms with van der Waals surface area (Å²) in [7, 11) is 0. The largest absolute Gasteiger partial charge is 0.279 e. The van der Waals surface area contributed by atoms with Gasteiger partial charge in [-0.2, -0.15) is 0 Å². The van der Waals surface area contributed by atoms with Crippen LogP contribution < -0.4 is 4.90 Å². The zero-order valence-corrected chi connectivity index (χ0v) is 12.3. The van der Waals surface area contributed by atoms with E-state index in [1.807, 2.05) is 24.5 Å². The van der Waals surface area contributed by atoms with Gasteiger partial charge in [-0.1, -0.05) is 23.9 Å². The van der Waals surface area contributed by atoms with Crippen LogP contribution in [-0.4, -0.2) is 12.2 Å². The number of para-hydroxylation sites is 1. The highest BCUT2D eigenvalue weighted by atomic mass is 32.2. The van der Waals surface area contributed by atoms with Gasteiger partial charge in [0.05, 0.1) is 11.4 Å². The summed E-state index contributed by atoms with van der Waals surface area (Å²) in [5.74, 6) is 0.0484. The second kappa shape index (κ2) is 4.94. The summed E-state index contributed by atoms with van der Waals surface area (Å²) in [4.78, 5) is 17.3. The van der Waals surface area contributed by atoms with E-state index >= 15 is 0 Å². The van der Waals surface area contributed by atoms with Gasteiger partial charge >= 0.3 is 0 Å². The third kappa shape index (κ3) is 2.15. The first-order valence-corrected chi connectivity index (χ1v) is 8.00. The molecule has 4 heteroatoms. The van der Waals surface area contributed by atoms with Crippen LogP contribution in [0, 0.1) is 0 Å². The smallest absolute Gasteiger partial charge is 0.228 e. The van der Waals surface area contributed by atoms with Crippen molar-refractivity contribution < 1.29 is 4.79 Å². The molecule has 0 spiro atoms. The fourth-order valence-electron chi connectivity index (χ4n) is 2.20. The molecule has 1 aliphatic heterocycles. The molecule has 0 bridgehead atoms. The average Bonchev–Trinajstić information content (AvgIpc) is 2.43. The minimum atomic E-state index is 0.0484. The van der Waals surface area contributed by atoms with Crippen molar-refractivity contribution in [3.8, 4) is 0 Å². The van der Waals surface area contributed by atoms with Gasteiger partial charge in [0.1, 0.15) is 0 Å². The number of fused-ring (bicyclic) bond motifs is 2. The number of hydrogen-bond acceptors (Lipinski definition) is 3. The van der Waals surface area contributed by atoms with Crippen molar-refractivity contribution in [1.82, 2.24) is 0 Å². The zero-order chi connectivity index (χ0) is 13.4. The minimum absolute atomic E-state index is 0.0484. The van der Waals surface area contributed by atoms with E-state index in [4.69, 9.17) is 0 Å². The monoisotopic (exact) mass is 287 g/mol. The van der Waals surface area contributed by atoms with E-state index in [0.717, 1.165) is 21.2 Å². The first-order valence-electron chi connectivity index (χ1n) is 5.96. The van der Waals surface area contributed by atoms with E-state index in [9.17, 15) is 4.79 Å². The Morgan fingerprint density at radius 1 is 1.11 bits per heavy atom. The molecule has 1 heterocycles. The van der Waals surface area contributed by atoms with Crippen molar-refractivity contribution in [2.45, 2.75) is 21.6 Å². The summed E-state index contributed by atoms with van der Waals surface area (Å²) in [6.45, 7) is 1.61. The SMILES string of the molecule is CSc1ccc2c(c1)N(C(C)=O)c1ccccc1S2. The lowest BCUT2D eigenvalue weighted by molar-refractivity contribution is -0.115. The molecule has 2 aromatic carbocycles. The zero-order valence-electron chi connectivity index (χ0n) is 10.7. The Kier molecular flexibility index (Phi) is 3.29.